The van der Waals surface area contributed by atoms with Gasteiger partial charge < -0.3 is 24.6 Å². The highest BCUT2D eigenvalue weighted by Gasteiger charge is 2.46. The third-order valence-electron chi connectivity index (χ3n) is 6.40. The predicted molar refractivity (Wildman–Crippen MR) is 134 cm³/mol. The number of hydrogen-bond donors (Lipinski definition) is 2. The molecule has 0 spiro atoms. The van der Waals surface area contributed by atoms with Crippen LogP contribution in [-0.2, 0) is 14.3 Å². The van der Waals surface area contributed by atoms with E-state index in [2.05, 4.69) is 18.8 Å². The van der Waals surface area contributed by atoms with Gasteiger partial charge in [-0.1, -0.05) is 38.1 Å². The number of likely N-dealkylation sites (N-methyl/N-ethyl adjacent to an activating group) is 1. The molecule has 1 aromatic carbocycles. The molecule has 2 N–H and O–H groups in total. The van der Waals surface area contributed by atoms with Gasteiger partial charge in [-0.25, -0.2) is 4.79 Å². The number of likely N-dealkylation sites (tertiary alicyclic amines) is 1. The van der Waals surface area contributed by atoms with Crippen LogP contribution in [0, 0.1) is 13.8 Å². The molecule has 0 radical (unpaired) electrons. The summed E-state index contributed by atoms with van der Waals surface area (Å²) in [6.45, 7) is 10.4. The van der Waals surface area contributed by atoms with Crippen molar-refractivity contribution in [2.75, 3.05) is 33.8 Å². The average Bonchev–Trinajstić information content (AvgIpc) is 3.24. The average molecular weight is 482 g/mol. The van der Waals surface area contributed by atoms with Crippen LogP contribution in [0.1, 0.15) is 71.2 Å². The molecule has 3 rings (SSSR count). The van der Waals surface area contributed by atoms with E-state index in [0.29, 0.717) is 35.8 Å². The van der Waals surface area contributed by atoms with Crippen molar-refractivity contribution < 1.29 is 24.2 Å². The molecule has 1 aliphatic rings. The number of aromatic nitrogens is 1. The Bertz CT molecular complexity index is 1160. The number of hydrogen-bond acceptors (Lipinski definition) is 6. The van der Waals surface area contributed by atoms with Crippen molar-refractivity contribution in [1.82, 2.24) is 14.8 Å². The Morgan fingerprint density at radius 1 is 1.17 bits per heavy atom. The maximum Gasteiger partial charge on any atom is 0.355 e. The topological polar surface area (TPSA) is 103 Å². The van der Waals surface area contributed by atoms with Crippen molar-refractivity contribution in [3.63, 3.8) is 0 Å². The number of aromatic amines is 1. The Labute approximate surface area is 206 Å². The summed E-state index contributed by atoms with van der Waals surface area (Å²) < 4.78 is 5.11. The second kappa shape index (κ2) is 10.5. The van der Waals surface area contributed by atoms with Gasteiger partial charge in [0.1, 0.15) is 11.5 Å². The Kier molecular flexibility index (Phi) is 7.85. The summed E-state index contributed by atoms with van der Waals surface area (Å²) in [5.41, 5.74) is 3.42. The number of H-pyrrole nitrogens is 1. The molecule has 1 saturated heterocycles. The van der Waals surface area contributed by atoms with E-state index in [9.17, 15) is 19.5 Å². The molecule has 0 unspecified atom stereocenters. The summed E-state index contributed by atoms with van der Waals surface area (Å²) >= 11 is 0. The van der Waals surface area contributed by atoms with E-state index >= 15 is 0 Å². The minimum Gasteiger partial charge on any atom is -0.507 e. The van der Waals surface area contributed by atoms with Crippen molar-refractivity contribution in [2.24, 2.45) is 0 Å². The second-order valence-corrected chi connectivity index (χ2v) is 9.46. The van der Waals surface area contributed by atoms with Crippen molar-refractivity contribution in [2.45, 2.75) is 46.6 Å². The minimum atomic E-state index is -0.740. The van der Waals surface area contributed by atoms with Crippen LogP contribution in [0.5, 0.6) is 0 Å². The van der Waals surface area contributed by atoms with E-state index in [1.54, 1.807) is 20.8 Å². The lowest BCUT2D eigenvalue weighted by atomic mass is 9.92. The molecule has 1 amide bonds. The van der Waals surface area contributed by atoms with Crippen molar-refractivity contribution in [1.29, 1.82) is 0 Å². The molecule has 188 valence electrons. The fraction of sp³-hybridized carbons (Fsp3) is 0.444. The molecule has 1 atom stereocenters. The lowest BCUT2D eigenvalue weighted by Crippen LogP contribution is -2.35. The molecule has 8 heteroatoms. The number of esters is 1. The summed E-state index contributed by atoms with van der Waals surface area (Å²) in [6.07, 6.45) is 0. The fourth-order valence-corrected chi connectivity index (χ4v) is 4.48. The van der Waals surface area contributed by atoms with Crippen LogP contribution in [0.15, 0.2) is 29.8 Å². The zero-order valence-corrected chi connectivity index (χ0v) is 21.6. The zero-order chi connectivity index (χ0) is 26.0. The lowest BCUT2D eigenvalue weighted by molar-refractivity contribution is -0.140. The van der Waals surface area contributed by atoms with Crippen molar-refractivity contribution in [3.05, 3.63) is 63.5 Å². The van der Waals surface area contributed by atoms with Crippen LogP contribution in [0.2, 0.25) is 0 Å². The molecule has 0 saturated carbocycles. The summed E-state index contributed by atoms with van der Waals surface area (Å²) in [6, 6.07) is 7.04. The molecule has 35 heavy (non-hydrogen) atoms. The van der Waals surface area contributed by atoms with Gasteiger partial charge in [0.2, 0.25) is 0 Å². The number of ketones is 1. The summed E-state index contributed by atoms with van der Waals surface area (Å²) in [5.74, 6) is -1.90. The summed E-state index contributed by atoms with van der Waals surface area (Å²) in [4.78, 5) is 45.2. The van der Waals surface area contributed by atoms with E-state index in [1.165, 1.54) is 4.90 Å². The second-order valence-electron chi connectivity index (χ2n) is 9.46. The highest BCUT2D eigenvalue weighted by Crippen LogP contribution is 2.41. The molecular formula is C27H35N3O5. The summed E-state index contributed by atoms with van der Waals surface area (Å²) in [5, 5.41) is 11.5. The number of ether oxygens (including phenoxy) is 1. The number of rotatable bonds is 8. The van der Waals surface area contributed by atoms with E-state index in [1.807, 2.05) is 43.3 Å². The lowest BCUT2D eigenvalue weighted by Gasteiger charge is -2.27. The molecule has 1 aromatic heterocycles. The smallest absolute Gasteiger partial charge is 0.355 e. The first-order valence-corrected chi connectivity index (χ1v) is 11.9. The first kappa shape index (κ1) is 26.2. The van der Waals surface area contributed by atoms with E-state index in [4.69, 9.17) is 4.74 Å². The van der Waals surface area contributed by atoms with Crippen LogP contribution >= 0.6 is 0 Å². The monoisotopic (exact) mass is 481 g/mol. The maximum absolute atomic E-state index is 13.3. The number of Topliss-reactive ketones (excluding diaryl/α,β-unsaturated/α-hetero) is 1. The Morgan fingerprint density at radius 2 is 1.80 bits per heavy atom. The zero-order valence-electron chi connectivity index (χ0n) is 21.6. The van der Waals surface area contributed by atoms with E-state index in [0.717, 1.165) is 11.1 Å². The van der Waals surface area contributed by atoms with Gasteiger partial charge in [0.25, 0.3) is 11.7 Å². The molecule has 2 aromatic rings. The van der Waals surface area contributed by atoms with Crippen molar-refractivity contribution in [3.8, 4) is 0 Å². The van der Waals surface area contributed by atoms with Crippen molar-refractivity contribution >= 4 is 23.4 Å². The first-order valence-electron chi connectivity index (χ1n) is 11.9. The molecular weight excluding hydrogens is 446 g/mol. The molecule has 0 bridgehead atoms. The number of nitrogens with zero attached hydrogens (tertiary/aromatic N) is 2. The molecule has 2 heterocycles. The highest BCUT2D eigenvalue weighted by molar-refractivity contribution is 6.46. The normalized spacial score (nSPS) is 17.6. The number of aliphatic hydroxyl groups is 1. The highest BCUT2D eigenvalue weighted by atomic mass is 16.5. The van der Waals surface area contributed by atoms with Gasteiger partial charge in [0, 0.05) is 24.3 Å². The summed E-state index contributed by atoms with van der Waals surface area (Å²) in [7, 11) is 3.79. The van der Waals surface area contributed by atoms with Crippen LogP contribution in [-0.4, -0.2) is 71.3 Å². The van der Waals surface area contributed by atoms with Crippen LogP contribution in [0.25, 0.3) is 5.76 Å². The third kappa shape index (κ3) is 5.03. The number of nitrogens with one attached hydrogen (secondary N) is 1. The molecule has 1 fully saturated rings. The van der Waals surface area contributed by atoms with E-state index < -0.39 is 23.7 Å². The van der Waals surface area contributed by atoms with Crippen LogP contribution in [0.3, 0.4) is 0 Å². The minimum absolute atomic E-state index is 0.0201. The van der Waals surface area contributed by atoms with Crippen LogP contribution in [0.4, 0.5) is 0 Å². The number of carbonyl (C=O) groups excluding carboxylic acids is 3. The van der Waals surface area contributed by atoms with Crippen LogP contribution < -0.4 is 0 Å². The number of amides is 1. The number of aliphatic hydroxyl groups excluding tert-OH is 1. The number of aryl methyl sites for hydroxylation is 1. The standard InChI is InChI=1S/C27H35N3O5/c1-8-35-27(34)22-16(4)20(17(5)28-22)24(31)21-23(19-11-9-18(10-12-19)15(2)3)30(14-13-29(6)7)26(33)25(21)32/h9-12,15,23,28,31H,8,13-14H2,1-7H3/b24-21+/t23-/m0/s1. The fourth-order valence-electron chi connectivity index (χ4n) is 4.48. The van der Waals surface area contributed by atoms with Gasteiger partial charge in [0.05, 0.1) is 18.2 Å². The predicted octanol–water partition coefficient (Wildman–Crippen LogP) is 3.91. The largest absolute Gasteiger partial charge is 0.507 e. The van der Waals surface area contributed by atoms with E-state index in [-0.39, 0.29) is 23.6 Å². The SMILES string of the molecule is CCOC(=O)c1[nH]c(C)c(/C(O)=C2\C(=O)C(=O)N(CCN(C)C)[C@H]2c2ccc(C(C)C)cc2)c1C. The Balaban J connectivity index is 2.19. The van der Waals surface area contributed by atoms with Gasteiger partial charge in [-0.15, -0.1) is 0 Å². The third-order valence-corrected chi connectivity index (χ3v) is 6.40. The van der Waals surface area contributed by atoms with Gasteiger partial charge >= 0.3 is 5.97 Å². The van der Waals surface area contributed by atoms with Gasteiger partial charge in [-0.2, -0.15) is 0 Å². The molecule has 1 aliphatic heterocycles. The quantitative estimate of drug-likeness (QED) is 0.256. The molecule has 0 aliphatic carbocycles. The Morgan fingerprint density at radius 3 is 2.34 bits per heavy atom. The Hall–Kier alpha value is -3.39. The number of benzene rings is 1. The number of carbonyl (C=O) groups is 3. The van der Waals surface area contributed by atoms with Gasteiger partial charge in [-0.3, -0.25) is 9.59 Å². The van der Waals surface area contributed by atoms with Gasteiger partial charge in [-0.05, 0) is 57.5 Å². The van der Waals surface area contributed by atoms with Gasteiger partial charge in [0.15, 0.2) is 0 Å². The maximum atomic E-state index is 13.3. The molecule has 8 nitrogen and oxygen atoms in total. The first-order chi connectivity index (χ1) is 16.5.